The fourth-order valence-electron chi connectivity index (χ4n) is 5.21. The number of benzene rings is 3. The molecule has 1 aromatic heterocycles. The Kier molecular flexibility index (Phi) is 7.36. The maximum Gasteiger partial charge on any atom is 0.328 e. The largest absolute Gasteiger partial charge is 0.478 e. The third kappa shape index (κ3) is 5.67. The Morgan fingerprint density at radius 3 is 2.50 bits per heavy atom. The Hall–Kier alpha value is -4.26. The first-order valence-corrected chi connectivity index (χ1v) is 12.9. The maximum absolute atomic E-state index is 14.6. The topological polar surface area (TPSA) is 75.4 Å². The van der Waals surface area contributed by atoms with Crippen molar-refractivity contribution >= 4 is 34.5 Å². The number of nitrogens with zero attached hydrogens (tertiary/aromatic N) is 3. The highest BCUT2D eigenvalue weighted by Gasteiger charge is 2.27. The van der Waals surface area contributed by atoms with Gasteiger partial charge in [0.1, 0.15) is 5.82 Å². The number of rotatable bonds is 7. The van der Waals surface area contributed by atoms with Crippen LogP contribution in [0.5, 0.6) is 0 Å². The van der Waals surface area contributed by atoms with Crippen molar-refractivity contribution in [2.24, 2.45) is 13.0 Å². The van der Waals surface area contributed by atoms with E-state index >= 15 is 0 Å². The highest BCUT2D eigenvalue weighted by molar-refractivity contribution is 5.95. The lowest BCUT2D eigenvalue weighted by atomic mass is 9.88. The van der Waals surface area contributed by atoms with E-state index < -0.39 is 11.8 Å². The zero-order chi connectivity index (χ0) is 26.6. The number of carbonyl (C=O) groups is 2. The van der Waals surface area contributed by atoms with Crippen molar-refractivity contribution in [2.75, 3.05) is 4.90 Å². The molecule has 38 heavy (non-hydrogen) atoms. The van der Waals surface area contributed by atoms with Crippen LogP contribution in [0.3, 0.4) is 0 Å². The molecule has 5 rings (SSSR count). The third-order valence-corrected chi connectivity index (χ3v) is 7.23. The molecule has 0 unspecified atom stereocenters. The summed E-state index contributed by atoms with van der Waals surface area (Å²) in [6.45, 7) is 0.294. The number of hydrogen-bond donors (Lipinski definition) is 1. The Balaban J connectivity index is 1.44. The monoisotopic (exact) mass is 511 g/mol. The number of fused-ring (bicyclic) bond motifs is 1. The molecule has 1 heterocycles. The minimum atomic E-state index is -1.12. The summed E-state index contributed by atoms with van der Waals surface area (Å²) >= 11 is 0. The SMILES string of the molecule is Cn1ncc2cc(-c3ccc(CN(C(=O)C4CCCCC4)c4cc(F)cc(/C=C/C(=O)O)c4)cc3)ccc21. The van der Waals surface area contributed by atoms with Gasteiger partial charge >= 0.3 is 5.97 Å². The summed E-state index contributed by atoms with van der Waals surface area (Å²) in [5.41, 5.74) is 4.94. The van der Waals surface area contributed by atoms with Crippen molar-refractivity contribution in [3.63, 3.8) is 0 Å². The molecule has 0 atom stereocenters. The van der Waals surface area contributed by atoms with Crippen LogP contribution in [0.4, 0.5) is 10.1 Å². The summed E-state index contributed by atoms with van der Waals surface area (Å²) in [4.78, 5) is 26.3. The standard InChI is InChI=1S/C31H30FN3O3/c1-34-29-13-12-25(17-26(29)19-33-34)23-10-7-21(8-11-23)20-35(31(38)24-5-3-2-4-6-24)28-16-22(9-14-30(36)37)15-27(32)18-28/h7-19,24H,2-6,20H2,1H3,(H,36,37)/b14-9+. The lowest BCUT2D eigenvalue weighted by Gasteiger charge is -2.30. The molecule has 0 aliphatic heterocycles. The summed E-state index contributed by atoms with van der Waals surface area (Å²) in [5, 5.41) is 14.4. The number of carboxylic acids is 1. The number of anilines is 1. The predicted octanol–water partition coefficient (Wildman–Crippen LogP) is 6.59. The van der Waals surface area contributed by atoms with Crippen molar-refractivity contribution in [1.82, 2.24) is 9.78 Å². The molecule has 194 valence electrons. The van der Waals surface area contributed by atoms with Gasteiger partial charge in [0.2, 0.25) is 5.91 Å². The molecule has 1 saturated carbocycles. The number of aliphatic carboxylic acids is 1. The van der Waals surface area contributed by atoms with Crippen LogP contribution in [0, 0.1) is 11.7 Å². The Morgan fingerprint density at radius 1 is 1.03 bits per heavy atom. The first-order valence-electron chi connectivity index (χ1n) is 12.9. The van der Waals surface area contributed by atoms with E-state index in [1.807, 2.05) is 42.2 Å². The van der Waals surface area contributed by atoms with E-state index in [4.69, 9.17) is 5.11 Å². The van der Waals surface area contributed by atoms with Gasteiger partial charge in [-0.3, -0.25) is 9.48 Å². The minimum absolute atomic E-state index is 0.0189. The molecule has 7 heteroatoms. The van der Waals surface area contributed by atoms with Crippen LogP contribution >= 0.6 is 0 Å². The number of amides is 1. The summed E-state index contributed by atoms with van der Waals surface area (Å²) in [6.07, 6.45) is 8.95. The number of aryl methyl sites for hydroxylation is 1. The van der Waals surface area contributed by atoms with Gasteiger partial charge in [-0.1, -0.05) is 49.6 Å². The molecule has 1 N–H and O–H groups in total. The zero-order valence-electron chi connectivity index (χ0n) is 21.3. The first-order chi connectivity index (χ1) is 18.4. The molecule has 0 saturated heterocycles. The van der Waals surface area contributed by atoms with E-state index in [0.29, 0.717) is 17.8 Å². The van der Waals surface area contributed by atoms with Gasteiger partial charge in [-0.15, -0.1) is 0 Å². The molecule has 0 spiro atoms. The van der Waals surface area contributed by atoms with Gasteiger partial charge in [-0.05, 0) is 71.5 Å². The summed E-state index contributed by atoms with van der Waals surface area (Å²) in [6, 6.07) is 18.5. The minimum Gasteiger partial charge on any atom is -0.478 e. The van der Waals surface area contributed by atoms with E-state index in [2.05, 4.69) is 23.3 Å². The molecule has 1 fully saturated rings. The number of halogens is 1. The van der Waals surface area contributed by atoms with E-state index in [1.54, 1.807) is 11.0 Å². The fourth-order valence-corrected chi connectivity index (χ4v) is 5.21. The smallest absolute Gasteiger partial charge is 0.328 e. The van der Waals surface area contributed by atoms with Crippen molar-refractivity contribution in [3.05, 3.63) is 89.9 Å². The van der Waals surface area contributed by atoms with Crippen molar-refractivity contribution in [3.8, 4) is 11.1 Å². The summed E-state index contributed by atoms with van der Waals surface area (Å²) in [7, 11) is 1.92. The molecular weight excluding hydrogens is 481 g/mol. The van der Waals surface area contributed by atoms with E-state index in [0.717, 1.165) is 65.8 Å². The van der Waals surface area contributed by atoms with Gasteiger partial charge in [-0.2, -0.15) is 5.10 Å². The Labute approximate surface area is 221 Å². The lowest BCUT2D eigenvalue weighted by Crippen LogP contribution is -2.36. The molecule has 4 aromatic rings. The predicted molar refractivity (Wildman–Crippen MR) is 147 cm³/mol. The lowest BCUT2D eigenvalue weighted by molar-refractivity contribution is -0.131. The van der Waals surface area contributed by atoms with Gasteiger partial charge in [0.25, 0.3) is 0 Å². The van der Waals surface area contributed by atoms with Gasteiger partial charge < -0.3 is 10.0 Å². The van der Waals surface area contributed by atoms with Gasteiger partial charge in [-0.25, -0.2) is 9.18 Å². The number of aromatic nitrogens is 2. The van der Waals surface area contributed by atoms with Crippen LogP contribution in [0.1, 0.15) is 43.2 Å². The van der Waals surface area contributed by atoms with E-state index in [-0.39, 0.29) is 11.8 Å². The molecule has 0 bridgehead atoms. The van der Waals surface area contributed by atoms with Crippen molar-refractivity contribution < 1.29 is 19.1 Å². The second-order valence-electron chi connectivity index (χ2n) is 9.91. The van der Waals surface area contributed by atoms with E-state index in [1.165, 1.54) is 18.2 Å². The quantitative estimate of drug-likeness (QED) is 0.284. The van der Waals surface area contributed by atoms with Crippen molar-refractivity contribution in [1.29, 1.82) is 0 Å². The molecular formula is C31H30FN3O3. The molecule has 0 radical (unpaired) electrons. The Bertz CT molecular complexity index is 1500. The van der Waals surface area contributed by atoms with Crippen LogP contribution in [0.2, 0.25) is 0 Å². The zero-order valence-corrected chi connectivity index (χ0v) is 21.3. The molecule has 1 amide bonds. The number of carbonyl (C=O) groups excluding carboxylic acids is 1. The van der Waals surface area contributed by atoms with Gasteiger partial charge in [0.05, 0.1) is 18.3 Å². The number of carboxylic acid groups (broad SMARTS) is 1. The highest BCUT2D eigenvalue weighted by atomic mass is 19.1. The van der Waals surface area contributed by atoms with Gasteiger partial charge in [0.15, 0.2) is 0 Å². The van der Waals surface area contributed by atoms with Crippen molar-refractivity contribution in [2.45, 2.75) is 38.6 Å². The second-order valence-corrected chi connectivity index (χ2v) is 9.91. The van der Waals surface area contributed by atoms with Crippen LogP contribution < -0.4 is 4.90 Å². The molecule has 3 aromatic carbocycles. The highest BCUT2D eigenvalue weighted by Crippen LogP contribution is 2.31. The fraction of sp³-hybridized carbons (Fsp3) is 0.258. The summed E-state index contributed by atoms with van der Waals surface area (Å²) in [5.74, 6) is -1.76. The average Bonchev–Trinajstić information content (AvgIpc) is 3.30. The average molecular weight is 512 g/mol. The maximum atomic E-state index is 14.6. The molecule has 1 aliphatic rings. The van der Waals surface area contributed by atoms with E-state index in [9.17, 15) is 14.0 Å². The second kappa shape index (κ2) is 11.0. The van der Waals surface area contributed by atoms with Crippen LogP contribution in [0.25, 0.3) is 28.1 Å². The van der Waals surface area contributed by atoms with Gasteiger partial charge in [0, 0.05) is 30.1 Å². The van der Waals surface area contributed by atoms with Crippen LogP contribution in [0.15, 0.2) is 72.9 Å². The molecule has 6 nitrogen and oxygen atoms in total. The van der Waals surface area contributed by atoms with Crippen LogP contribution in [-0.2, 0) is 23.2 Å². The normalized spacial score (nSPS) is 14.3. The Morgan fingerprint density at radius 2 is 1.76 bits per heavy atom. The van der Waals surface area contributed by atoms with Crippen LogP contribution in [-0.4, -0.2) is 26.8 Å². The first kappa shape index (κ1) is 25.4. The summed E-state index contributed by atoms with van der Waals surface area (Å²) < 4.78 is 16.4. The molecule has 1 aliphatic carbocycles. The third-order valence-electron chi connectivity index (χ3n) is 7.23. The number of hydrogen-bond acceptors (Lipinski definition) is 3.